The third-order valence-corrected chi connectivity index (χ3v) is 5.22. The van der Waals surface area contributed by atoms with Crippen LogP contribution in [0.15, 0.2) is 42.5 Å². The smallest absolute Gasteiger partial charge is 0.188 e. The van der Waals surface area contributed by atoms with Gasteiger partial charge in [-0.05, 0) is 48.9 Å². The lowest BCUT2D eigenvalue weighted by atomic mass is 10.1. The van der Waals surface area contributed by atoms with E-state index in [1.807, 2.05) is 30.3 Å². The van der Waals surface area contributed by atoms with Gasteiger partial charge < -0.3 is 10.1 Å². The third kappa shape index (κ3) is 3.66. The predicted octanol–water partition coefficient (Wildman–Crippen LogP) is 6.43. The van der Waals surface area contributed by atoms with Crippen molar-refractivity contribution < 1.29 is 4.74 Å². The number of nitrogens with one attached hydrogen (secondary N) is 1. The maximum Gasteiger partial charge on any atom is 0.188 e. The molecule has 0 aliphatic heterocycles. The van der Waals surface area contributed by atoms with Gasteiger partial charge >= 0.3 is 0 Å². The highest BCUT2D eigenvalue weighted by atomic mass is 35.5. The normalized spacial score (nSPS) is 10.7. The van der Waals surface area contributed by atoms with Gasteiger partial charge in [0.05, 0.1) is 23.5 Å². The van der Waals surface area contributed by atoms with Crippen molar-refractivity contribution in [2.45, 2.75) is 13.3 Å². The first-order valence-electron chi connectivity index (χ1n) is 7.47. The second-order valence-electron chi connectivity index (χ2n) is 5.12. The first-order chi connectivity index (χ1) is 11.6. The van der Waals surface area contributed by atoms with Gasteiger partial charge in [0.2, 0.25) is 0 Å². The summed E-state index contributed by atoms with van der Waals surface area (Å²) in [5, 5.41) is 5.27. The van der Waals surface area contributed by atoms with Gasteiger partial charge in [-0.2, -0.15) is 0 Å². The Hall–Kier alpha value is -1.75. The molecule has 0 aliphatic rings. The summed E-state index contributed by atoms with van der Waals surface area (Å²) in [5.41, 5.74) is 2.84. The van der Waals surface area contributed by atoms with Crippen LogP contribution in [0, 0.1) is 0 Å². The topological polar surface area (TPSA) is 34.2 Å². The van der Waals surface area contributed by atoms with Crippen LogP contribution in [0.25, 0.3) is 11.3 Å². The Morgan fingerprint density at radius 3 is 2.50 bits per heavy atom. The molecule has 0 amide bonds. The molecule has 3 nitrogen and oxygen atoms in total. The van der Waals surface area contributed by atoms with E-state index >= 15 is 0 Å². The number of aryl methyl sites for hydroxylation is 1. The molecule has 2 aromatic carbocycles. The lowest BCUT2D eigenvalue weighted by Crippen LogP contribution is -1.91. The van der Waals surface area contributed by atoms with E-state index in [1.165, 1.54) is 4.88 Å². The molecule has 0 radical (unpaired) electrons. The number of halogens is 2. The van der Waals surface area contributed by atoms with Crippen LogP contribution in [-0.4, -0.2) is 12.1 Å². The van der Waals surface area contributed by atoms with Crippen molar-refractivity contribution in [1.82, 2.24) is 4.98 Å². The highest BCUT2D eigenvalue weighted by molar-refractivity contribution is 7.16. The molecule has 0 saturated heterocycles. The number of aromatic nitrogens is 1. The van der Waals surface area contributed by atoms with Crippen molar-refractivity contribution in [3.05, 3.63) is 57.4 Å². The predicted molar refractivity (Wildman–Crippen MR) is 103 cm³/mol. The van der Waals surface area contributed by atoms with Gasteiger partial charge in [0.1, 0.15) is 5.75 Å². The van der Waals surface area contributed by atoms with Crippen molar-refractivity contribution in [2.24, 2.45) is 0 Å². The number of anilines is 2. The largest absolute Gasteiger partial charge is 0.497 e. The quantitative estimate of drug-likeness (QED) is 0.555. The highest BCUT2D eigenvalue weighted by Gasteiger charge is 2.13. The van der Waals surface area contributed by atoms with Crippen molar-refractivity contribution in [1.29, 1.82) is 0 Å². The summed E-state index contributed by atoms with van der Waals surface area (Å²) >= 11 is 13.8. The first kappa shape index (κ1) is 17.1. The van der Waals surface area contributed by atoms with Crippen molar-refractivity contribution in [3.63, 3.8) is 0 Å². The van der Waals surface area contributed by atoms with Crippen LogP contribution >= 0.6 is 34.5 Å². The summed E-state index contributed by atoms with van der Waals surface area (Å²) in [6.07, 6.45) is 0.912. The molecule has 0 saturated carbocycles. The molecule has 3 aromatic rings. The minimum absolute atomic E-state index is 0.571. The standard InChI is InChI=1S/C18H16Cl2N2OS/c1-3-16-17(11-4-7-13(23-2)8-5-11)22-18(24-16)21-15-9-6-12(19)10-14(15)20/h4-10H,3H2,1-2H3,(H,21,22). The van der Waals surface area contributed by atoms with Gasteiger partial charge in [-0.25, -0.2) is 4.98 Å². The summed E-state index contributed by atoms with van der Waals surface area (Å²) in [6.45, 7) is 2.12. The highest BCUT2D eigenvalue weighted by Crippen LogP contribution is 2.35. The fraction of sp³-hybridized carbons (Fsp3) is 0.167. The molecular weight excluding hydrogens is 363 g/mol. The second-order valence-corrected chi connectivity index (χ2v) is 7.05. The average molecular weight is 379 g/mol. The molecule has 0 fully saturated rings. The zero-order chi connectivity index (χ0) is 17.1. The molecular formula is C18H16Cl2N2OS. The molecule has 124 valence electrons. The Morgan fingerprint density at radius 1 is 1.12 bits per heavy atom. The van der Waals surface area contributed by atoms with E-state index < -0.39 is 0 Å². The second kappa shape index (κ2) is 7.43. The van der Waals surface area contributed by atoms with Gasteiger partial charge in [-0.3, -0.25) is 0 Å². The van der Waals surface area contributed by atoms with Crippen LogP contribution < -0.4 is 10.1 Å². The Kier molecular flexibility index (Phi) is 5.29. The van der Waals surface area contributed by atoms with Crippen molar-refractivity contribution >= 4 is 45.4 Å². The molecule has 0 atom stereocenters. The van der Waals surface area contributed by atoms with Crippen LogP contribution in [0.2, 0.25) is 10.0 Å². The molecule has 0 spiro atoms. The molecule has 0 aliphatic carbocycles. The summed E-state index contributed by atoms with van der Waals surface area (Å²) in [6, 6.07) is 13.3. The number of nitrogens with zero attached hydrogens (tertiary/aromatic N) is 1. The molecule has 6 heteroatoms. The Morgan fingerprint density at radius 2 is 1.88 bits per heavy atom. The fourth-order valence-electron chi connectivity index (χ4n) is 2.33. The molecule has 0 unspecified atom stereocenters. The van der Waals surface area contributed by atoms with Gasteiger partial charge in [0, 0.05) is 15.5 Å². The fourth-order valence-corrected chi connectivity index (χ4v) is 3.72. The van der Waals surface area contributed by atoms with Crippen LogP contribution in [0.1, 0.15) is 11.8 Å². The minimum atomic E-state index is 0.571. The molecule has 24 heavy (non-hydrogen) atoms. The summed E-state index contributed by atoms with van der Waals surface area (Å²) in [7, 11) is 1.66. The van der Waals surface area contributed by atoms with E-state index in [0.717, 1.165) is 34.2 Å². The number of hydrogen-bond donors (Lipinski definition) is 1. The summed E-state index contributed by atoms with van der Waals surface area (Å²) in [5.74, 6) is 0.832. The maximum absolute atomic E-state index is 6.23. The van der Waals surface area contributed by atoms with Crippen molar-refractivity contribution in [2.75, 3.05) is 12.4 Å². The van der Waals surface area contributed by atoms with Crippen LogP contribution in [0.4, 0.5) is 10.8 Å². The van der Waals surface area contributed by atoms with Gasteiger partial charge in [0.15, 0.2) is 5.13 Å². The van der Waals surface area contributed by atoms with Crippen LogP contribution in [0.3, 0.4) is 0 Å². The van der Waals surface area contributed by atoms with Gasteiger partial charge in [0.25, 0.3) is 0 Å². The maximum atomic E-state index is 6.23. The summed E-state index contributed by atoms with van der Waals surface area (Å²) in [4.78, 5) is 5.96. The zero-order valence-corrected chi connectivity index (χ0v) is 15.6. The van der Waals surface area contributed by atoms with E-state index in [9.17, 15) is 0 Å². The lowest BCUT2D eigenvalue weighted by Gasteiger charge is -2.05. The van der Waals surface area contributed by atoms with Crippen LogP contribution in [0.5, 0.6) is 5.75 Å². The number of methoxy groups -OCH3 is 1. The van der Waals surface area contributed by atoms with E-state index in [0.29, 0.717) is 10.0 Å². The number of ether oxygens (including phenoxy) is 1. The van der Waals surface area contributed by atoms with E-state index in [2.05, 4.69) is 12.2 Å². The van der Waals surface area contributed by atoms with E-state index in [4.69, 9.17) is 32.9 Å². The molecule has 1 aromatic heterocycles. The molecule has 0 bridgehead atoms. The van der Waals surface area contributed by atoms with E-state index in [1.54, 1.807) is 30.6 Å². The Bertz CT molecular complexity index is 847. The lowest BCUT2D eigenvalue weighted by molar-refractivity contribution is 0.415. The van der Waals surface area contributed by atoms with Gasteiger partial charge in [-0.1, -0.05) is 30.1 Å². The summed E-state index contributed by atoms with van der Waals surface area (Å²) < 4.78 is 5.21. The Balaban J connectivity index is 1.92. The minimum Gasteiger partial charge on any atom is -0.497 e. The first-order valence-corrected chi connectivity index (χ1v) is 9.04. The number of thiazole rings is 1. The number of rotatable bonds is 5. The van der Waals surface area contributed by atoms with Gasteiger partial charge in [-0.15, -0.1) is 11.3 Å². The van der Waals surface area contributed by atoms with Crippen LogP contribution in [-0.2, 0) is 6.42 Å². The Labute approximate surface area is 155 Å². The number of hydrogen-bond acceptors (Lipinski definition) is 4. The average Bonchev–Trinajstić information content (AvgIpc) is 3.00. The SMILES string of the molecule is CCc1sc(Nc2ccc(Cl)cc2Cl)nc1-c1ccc(OC)cc1. The molecule has 3 rings (SSSR count). The number of benzene rings is 2. The zero-order valence-electron chi connectivity index (χ0n) is 13.3. The van der Waals surface area contributed by atoms with E-state index in [-0.39, 0.29) is 0 Å². The third-order valence-electron chi connectivity index (χ3n) is 3.55. The van der Waals surface area contributed by atoms with Crippen molar-refractivity contribution in [3.8, 4) is 17.0 Å². The molecule has 1 heterocycles. The molecule has 1 N–H and O–H groups in total. The monoisotopic (exact) mass is 378 g/mol.